The maximum atomic E-state index is 13.6. The molecule has 0 aliphatic rings. The maximum absolute atomic E-state index is 13.6. The number of allylic oxidation sites excluding steroid dienone is 1. The summed E-state index contributed by atoms with van der Waals surface area (Å²) in [6.07, 6.45) is 2.56. The van der Waals surface area contributed by atoms with Crippen molar-refractivity contribution in [3.63, 3.8) is 0 Å². The van der Waals surface area contributed by atoms with Gasteiger partial charge >= 0.3 is 0 Å². The Kier molecular flexibility index (Phi) is 8.85. The highest BCUT2D eigenvalue weighted by molar-refractivity contribution is 6.01. The molecule has 0 unspecified atom stereocenters. The zero-order valence-electron chi connectivity index (χ0n) is 18.8. The van der Waals surface area contributed by atoms with Crippen LogP contribution in [0.3, 0.4) is 0 Å². The van der Waals surface area contributed by atoms with Crippen LogP contribution in [0, 0.1) is 5.82 Å². The Morgan fingerprint density at radius 3 is 2.53 bits per heavy atom. The van der Waals surface area contributed by atoms with Crippen LogP contribution in [0.4, 0.5) is 10.1 Å². The first kappa shape index (κ1) is 23.4. The van der Waals surface area contributed by atoms with Gasteiger partial charge in [-0.2, -0.15) is 0 Å². The first-order valence-corrected chi connectivity index (χ1v) is 10.6. The molecule has 0 aromatic heterocycles. The van der Waals surface area contributed by atoms with Crippen LogP contribution in [0.1, 0.15) is 43.9 Å². The third kappa shape index (κ3) is 6.87. The van der Waals surface area contributed by atoms with E-state index in [9.17, 15) is 4.39 Å². The molecule has 0 aliphatic carbocycles. The van der Waals surface area contributed by atoms with Crippen LogP contribution in [-0.2, 0) is 12.8 Å². The number of nitrogens with zero attached hydrogens (tertiary/aromatic N) is 2. The second-order valence-electron chi connectivity index (χ2n) is 7.59. The molecule has 0 heterocycles. The van der Waals surface area contributed by atoms with E-state index in [1.54, 1.807) is 6.07 Å². The summed E-state index contributed by atoms with van der Waals surface area (Å²) >= 11 is 0. The molecule has 160 valence electrons. The first-order valence-electron chi connectivity index (χ1n) is 10.6. The van der Waals surface area contributed by atoms with Crippen LogP contribution < -0.4 is 5.32 Å². The molecule has 0 spiro atoms. The maximum Gasteiger partial charge on any atom is 0.123 e. The van der Waals surface area contributed by atoms with E-state index in [2.05, 4.69) is 54.3 Å². The van der Waals surface area contributed by atoms with E-state index in [-0.39, 0.29) is 5.82 Å². The van der Waals surface area contributed by atoms with Gasteiger partial charge in [-0.05, 0) is 67.1 Å². The normalized spacial score (nSPS) is 11.3. The highest BCUT2D eigenvalue weighted by Crippen LogP contribution is 2.16. The van der Waals surface area contributed by atoms with E-state index in [1.807, 2.05) is 32.2 Å². The Labute approximate surface area is 181 Å². The van der Waals surface area contributed by atoms with Crippen LogP contribution in [0.15, 0.2) is 72.0 Å². The van der Waals surface area contributed by atoms with Crippen molar-refractivity contribution in [3.05, 3.63) is 89.5 Å². The van der Waals surface area contributed by atoms with E-state index in [0.717, 1.165) is 59.7 Å². The molecule has 0 bridgehead atoms. The van der Waals surface area contributed by atoms with Gasteiger partial charge in [0.25, 0.3) is 0 Å². The summed E-state index contributed by atoms with van der Waals surface area (Å²) in [6.45, 7) is 15.6. The second-order valence-corrected chi connectivity index (χ2v) is 7.59. The van der Waals surface area contributed by atoms with E-state index >= 15 is 0 Å². The minimum absolute atomic E-state index is 0.174. The summed E-state index contributed by atoms with van der Waals surface area (Å²) in [5.74, 6) is -0.174. The van der Waals surface area contributed by atoms with Crippen LogP contribution in [-0.4, -0.2) is 30.7 Å². The number of hydrogen-bond donors (Lipinski definition) is 1. The zero-order chi connectivity index (χ0) is 22.1. The Hall–Kier alpha value is -2.88. The largest absolute Gasteiger partial charge is 0.379 e. The summed E-state index contributed by atoms with van der Waals surface area (Å²) in [4.78, 5) is 6.67. The highest BCUT2D eigenvalue weighted by atomic mass is 19.1. The molecule has 0 saturated carbocycles. The third-order valence-corrected chi connectivity index (χ3v) is 5.16. The van der Waals surface area contributed by atoms with E-state index < -0.39 is 0 Å². The molecular weight excluding hydrogens is 373 g/mol. The van der Waals surface area contributed by atoms with Gasteiger partial charge in [-0.25, -0.2) is 4.39 Å². The fourth-order valence-corrected chi connectivity index (χ4v) is 3.34. The fourth-order valence-electron chi connectivity index (χ4n) is 3.34. The number of likely N-dealkylation sites (N-methyl/N-ethyl adjacent to an activating group) is 1. The van der Waals surface area contributed by atoms with Crippen molar-refractivity contribution in [2.75, 3.05) is 25.5 Å². The van der Waals surface area contributed by atoms with Gasteiger partial charge in [0.05, 0.1) is 6.54 Å². The number of benzene rings is 2. The van der Waals surface area contributed by atoms with Crippen molar-refractivity contribution in [1.82, 2.24) is 4.90 Å². The summed E-state index contributed by atoms with van der Waals surface area (Å²) in [6, 6.07) is 13.3. The SMILES string of the molecule is C=C(C)N=C(CC)c1cccc(NCC(=C)N(C)CCc2cc(F)ccc2CC)c1. The molecular formula is C26H34FN3. The molecule has 2 rings (SSSR count). The standard InChI is InChI=1S/C26H34FN3/c1-7-21-12-13-24(27)16-22(21)14-15-30(6)20(5)18-28-25-11-9-10-23(17-25)26(8-2)29-19(3)4/h9-13,16-17,28H,3,5,7-8,14-15,18H2,1-2,4,6H3. The molecule has 0 atom stereocenters. The van der Waals surface area contributed by atoms with Gasteiger partial charge in [-0.15, -0.1) is 0 Å². The van der Waals surface area contributed by atoms with Crippen LogP contribution in [0.25, 0.3) is 0 Å². The Morgan fingerprint density at radius 2 is 1.87 bits per heavy atom. The lowest BCUT2D eigenvalue weighted by Crippen LogP contribution is -2.25. The number of halogens is 1. The lowest BCUT2D eigenvalue weighted by molar-refractivity contribution is 0.419. The summed E-state index contributed by atoms with van der Waals surface area (Å²) in [5, 5.41) is 3.45. The summed E-state index contributed by atoms with van der Waals surface area (Å²) in [5.41, 5.74) is 7.23. The highest BCUT2D eigenvalue weighted by Gasteiger charge is 2.08. The molecule has 0 fully saturated rings. The second kappa shape index (κ2) is 11.3. The number of aliphatic imine (C=N–C) groups is 1. The van der Waals surface area contributed by atoms with E-state index in [4.69, 9.17) is 0 Å². The quantitative estimate of drug-likeness (QED) is 0.448. The lowest BCUT2D eigenvalue weighted by atomic mass is 10.0. The van der Waals surface area contributed by atoms with Crippen molar-refractivity contribution >= 4 is 11.4 Å². The molecule has 1 N–H and O–H groups in total. The molecule has 0 saturated heterocycles. The van der Waals surface area contributed by atoms with Gasteiger partial charge in [-0.3, -0.25) is 4.99 Å². The molecule has 3 nitrogen and oxygen atoms in total. The van der Waals surface area contributed by atoms with Crippen LogP contribution in [0.2, 0.25) is 0 Å². The van der Waals surface area contributed by atoms with Gasteiger partial charge in [0.15, 0.2) is 0 Å². The van der Waals surface area contributed by atoms with Gasteiger partial charge < -0.3 is 10.2 Å². The molecule has 0 aliphatic heterocycles. The van der Waals surface area contributed by atoms with E-state index in [1.165, 1.54) is 11.6 Å². The van der Waals surface area contributed by atoms with Gasteiger partial charge in [0.1, 0.15) is 5.82 Å². The zero-order valence-corrected chi connectivity index (χ0v) is 18.8. The minimum Gasteiger partial charge on any atom is -0.379 e. The summed E-state index contributed by atoms with van der Waals surface area (Å²) in [7, 11) is 2.03. The number of anilines is 1. The first-order chi connectivity index (χ1) is 14.3. The van der Waals surface area contributed by atoms with Gasteiger partial charge in [0.2, 0.25) is 0 Å². The monoisotopic (exact) mass is 407 g/mol. The Bertz CT molecular complexity index is 914. The lowest BCUT2D eigenvalue weighted by Gasteiger charge is -2.23. The van der Waals surface area contributed by atoms with Gasteiger partial charge in [-0.1, -0.05) is 45.2 Å². The molecule has 2 aromatic rings. The predicted octanol–water partition coefficient (Wildman–Crippen LogP) is 6.22. The van der Waals surface area contributed by atoms with E-state index in [0.29, 0.717) is 6.54 Å². The summed E-state index contributed by atoms with van der Waals surface area (Å²) < 4.78 is 13.6. The number of nitrogens with one attached hydrogen (secondary N) is 1. The number of aryl methyl sites for hydroxylation is 1. The van der Waals surface area contributed by atoms with Crippen molar-refractivity contribution < 1.29 is 4.39 Å². The molecule has 0 radical (unpaired) electrons. The molecule has 2 aromatic carbocycles. The third-order valence-electron chi connectivity index (χ3n) is 5.16. The Balaban J connectivity index is 1.95. The van der Waals surface area contributed by atoms with Crippen molar-refractivity contribution in [1.29, 1.82) is 0 Å². The predicted molar refractivity (Wildman–Crippen MR) is 128 cm³/mol. The number of rotatable bonds is 11. The fraction of sp³-hybridized carbons (Fsp3) is 0.346. The number of hydrogen-bond acceptors (Lipinski definition) is 3. The van der Waals surface area contributed by atoms with Crippen molar-refractivity contribution in [2.24, 2.45) is 4.99 Å². The molecule has 30 heavy (non-hydrogen) atoms. The van der Waals surface area contributed by atoms with Crippen LogP contribution >= 0.6 is 0 Å². The average Bonchev–Trinajstić information content (AvgIpc) is 2.74. The van der Waals surface area contributed by atoms with Crippen molar-refractivity contribution in [2.45, 2.75) is 40.0 Å². The van der Waals surface area contributed by atoms with Crippen molar-refractivity contribution in [3.8, 4) is 0 Å². The van der Waals surface area contributed by atoms with Crippen LogP contribution in [0.5, 0.6) is 0 Å². The molecule has 0 amide bonds. The van der Waals surface area contributed by atoms with Gasteiger partial charge in [0, 0.05) is 36.4 Å². The average molecular weight is 408 g/mol. The Morgan fingerprint density at radius 1 is 1.10 bits per heavy atom. The topological polar surface area (TPSA) is 27.6 Å². The molecule has 4 heteroatoms. The minimum atomic E-state index is -0.174. The smallest absolute Gasteiger partial charge is 0.123 e.